The second-order valence-electron chi connectivity index (χ2n) is 2.47. The second-order valence-corrected chi connectivity index (χ2v) is 4.95. The van der Waals surface area contributed by atoms with Crippen LogP contribution >= 0.6 is 27.7 Å². The van der Waals surface area contributed by atoms with Crippen molar-refractivity contribution in [3.05, 3.63) is 22.9 Å². The van der Waals surface area contributed by atoms with Crippen LogP contribution in [0.3, 0.4) is 0 Å². The number of thioether (sulfide) groups is 1. The van der Waals surface area contributed by atoms with Crippen LogP contribution in [0, 0.1) is 0 Å². The zero-order valence-corrected chi connectivity index (χ0v) is 8.95. The number of halogens is 1. The van der Waals surface area contributed by atoms with Gasteiger partial charge in [-0.1, -0.05) is 13.8 Å². The van der Waals surface area contributed by atoms with Gasteiger partial charge in [0.15, 0.2) is 0 Å². The molecule has 0 N–H and O–H groups in total. The van der Waals surface area contributed by atoms with E-state index in [4.69, 9.17) is 0 Å². The maximum atomic E-state index is 3.99. The zero-order valence-electron chi connectivity index (χ0n) is 6.54. The summed E-state index contributed by atoms with van der Waals surface area (Å²) in [5.41, 5.74) is 0. The van der Waals surface area contributed by atoms with Crippen molar-refractivity contribution in [3.8, 4) is 0 Å². The Morgan fingerprint density at radius 1 is 1.55 bits per heavy atom. The van der Waals surface area contributed by atoms with Crippen molar-refractivity contribution in [2.24, 2.45) is 0 Å². The summed E-state index contributed by atoms with van der Waals surface area (Å²) in [6.45, 7) is 4.36. The van der Waals surface area contributed by atoms with E-state index < -0.39 is 0 Å². The molecule has 0 bridgehead atoms. The van der Waals surface area contributed by atoms with E-state index in [2.05, 4.69) is 34.8 Å². The summed E-state index contributed by atoms with van der Waals surface area (Å²) in [7, 11) is 0. The molecule has 11 heavy (non-hydrogen) atoms. The van der Waals surface area contributed by atoms with Gasteiger partial charge in [-0.25, -0.2) is 0 Å². The predicted molar refractivity (Wildman–Crippen MR) is 52.9 cm³/mol. The molecular weight excluding hydrogens is 222 g/mol. The number of aromatic nitrogens is 1. The fourth-order valence-electron chi connectivity index (χ4n) is 0.712. The minimum absolute atomic E-state index is 0.619. The first-order valence-electron chi connectivity index (χ1n) is 3.46. The van der Waals surface area contributed by atoms with Gasteiger partial charge in [0.2, 0.25) is 0 Å². The summed E-state index contributed by atoms with van der Waals surface area (Å²) in [4.78, 5) is 5.25. The van der Waals surface area contributed by atoms with E-state index in [0.717, 1.165) is 4.47 Å². The van der Waals surface area contributed by atoms with Gasteiger partial charge in [-0.3, -0.25) is 4.98 Å². The van der Waals surface area contributed by atoms with Gasteiger partial charge in [0.25, 0.3) is 0 Å². The van der Waals surface area contributed by atoms with E-state index in [9.17, 15) is 0 Å². The molecule has 0 aliphatic rings. The van der Waals surface area contributed by atoms with E-state index in [1.807, 2.05) is 30.2 Å². The Morgan fingerprint density at radius 2 is 2.27 bits per heavy atom. The van der Waals surface area contributed by atoms with Crippen molar-refractivity contribution >= 4 is 27.7 Å². The highest BCUT2D eigenvalue weighted by atomic mass is 79.9. The first-order valence-corrected chi connectivity index (χ1v) is 5.13. The van der Waals surface area contributed by atoms with Crippen LogP contribution < -0.4 is 0 Å². The summed E-state index contributed by atoms with van der Waals surface area (Å²) in [6, 6.07) is 2.02. The van der Waals surface area contributed by atoms with Gasteiger partial charge >= 0.3 is 0 Å². The van der Waals surface area contributed by atoms with Crippen LogP contribution in [0.5, 0.6) is 0 Å². The van der Waals surface area contributed by atoms with Crippen molar-refractivity contribution in [1.82, 2.24) is 4.98 Å². The lowest BCUT2D eigenvalue weighted by Crippen LogP contribution is -1.86. The third-order valence-corrected chi connectivity index (χ3v) is 3.07. The van der Waals surface area contributed by atoms with Gasteiger partial charge in [-0.15, -0.1) is 11.8 Å². The third kappa shape index (κ3) is 2.83. The van der Waals surface area contributed by atoms with Crippen LogP contribution in [0.2, 0.25) is 0 Å². The summed E-state index contributed by atoms with van der Waals surface area (Å²) in [6.07, 6.45) is 3.64. The monoisotopic (exact) mass is 231 g/mol. The highest BCUT2D eigenvalue weighted by Gasteiger charge is 2.01. The molecule has 1 heterocycles. The Bertz CT molecular complexity index is 237. The number of nitrogens with zero attached hydrogens (tertiary/aromatic N) is 1. The number of pyridine rings is 1. The highest BCUT2D eigenvalue weighted by molar-refractivity contribution is 9.10. The van der Waals surface area contributed by atoms with Crippen molar-refractivity contribution in [1.29, 1.82) is 0 Å². The standard InChI is InChI=1S/C8H10BrNS/c1-6(2)11-8-3-4-10-5-7(8)9/h3-6H,1-2H3. The normalized spacial score (nSPS) is 10.5. The van der Waals surface area contributed by atoms with Crippen LogP contribution in [0.1, 0.15) is 13.8 Å². The molecule has 3 heteroatoms. The van der Waals surface area contributed by atoms with Crippen molar-refractivity contribution in [3.63, 3.8) is 0 Å². The molecule has 1 aromatic rings. The quantitative estimate of drug-likeness (QED) is 0.725. The Morgan fingerprint density at radius 3 is 2.82 bits per heavy atom. The summed E-state index contributed by atoms with van der Waals surface area (Å²) >= 11 is 5.28. The first kappa shape index (κ1) is 9.07. The Balaban J connectivity index is 2.78. The fraction of sp³-hybridized carbons (Fsp3) is 0.375. The Kier molecular flexibility index (Phi) is 3.40. The Hall–Kier alpha value is -0.0200. The molecule has 0 aliphatic carbocycles. The van der Waals surface area contributed by atoms with Gasteiger partial charge in [0.05, 0.1) is 0 Å². The molecule has 60 valence electrons. The molecule has 0 fully saturated rings. The average Bonchev–Trinajstić information content (AvgIpc) is 1.93. The lowest BCUT2D eigenvalue weighted by molar-refractivity contribution is 1.10. The molecule has 1 nitrogen and oxygen atoms in total. The van der Waals surface area contributed by atoms with E-state index in [1.165, 1.54) is 4.90 Å². The molecule has 1 aromatic heterocycles. The largest absolute Gasteiger partial charge is 0.263 e. The van der Waals surface area contributed by atoms with Crippen LogP contribution in [0.15, 0.2) is 27.8 Å². The predicted octanol–water partition coefficient (Wildman–Crippen LogP) is 3.34. The molecule has 0 unspecified atom stereocenters. The van der Waals surface area contributed by atoms with Crippen LogP contribution in [-0.4, -0.2) is 10.2 Å². The summed E-state index contributed by atoms with van der Waals surface area (Å²) in [5.74, 6) is 0. The van der Waals surface area contributed by atoms with E-state index >= 15 is 0 Å². The Labute approximate surface area is 79.7 Å². The molecule has 0 aromatic carbocycles. The SMILES string of the molecule is CC(C)Sc1ccncc1Br. The van der Waals surface area contributed by atoms with E-state index in [1.54, 1.807) is 0 Å². The van der Waals surface area contributed by atoms with Crippen LogP contribution in [0.25, 0.3) is 0 Å². The third-order valence-electron chi connectivity index (χ3n) is 1.10. The molecule has 0 spiro atoms. The van der Waals surface area contributed by atoms with E-state index in [0.29, 0.717) is 5.25 Å². The minimum atomic E-state index is 0.619. The van der Waals surface area contributed by atoms with Crippen LogP contribution in [0.4, 0.5) is 0 Å². The van der Waals surface area contributed by atoms with Gasteiger partial charge in [0.1, 0.15) is 0 Å². The van der Waals surface area contributed by atoms with Crippen molar-refractivity contribution < 1.29 is 0 Å². The molecule has 1 rings (SSSR count). The number of rotatable bonds is 2. The van der Waals surface area contributed by atoms with Crippen molar-refractivity contribution in [2.45, 2.75) is 24.0 Å². The second kappa shape index (κ2) is 4.12. The fourth-order valence-corrected chi connectivity index (χ4v) is 2.06. The van der Waals surface area contributed by atoms with Gasteiger partial charge in [-0.2, -0.15) is 0 Å². The first-order chi connectivity index (χ1) is 5.20. The van der Waals surface area contributed by atoms with Gasteiger partial charge in [0, 0.05) is 27.0 Å². The van der Waals surface area contributed by atoms with E-state index in [-0.39, 0.29) is 0 Å². The summed E-state index contributed by atoms with van der Waals surface area (Å²) in [5, 5.41) is 0.619. The molecule has 0 amide bonds. The topological polar surface area (TPSA) is 12.9 Å². The molecule has 0 atom stereocenters. The maximum Gasteiger partial charge on any atom is 0.0494 e. The van der Waals surface area contributed by atoms with Gasteiger partial charge < -0.3 is 0 Å². The average molecular weight is 232 g/mol. The smallest absolute Gasteiger partial charge is 0.0494 e. The lowest BCUT2D eigenvalue weighted by Gasteiger charge is -2.05. The number of hydrogen-bond donors (Lipinski definition) is 0. The summed E-state index contributed by atoms with van der Waals surface area (Å²) < 4.78 is 1.08. The lowest BCUT2D eigenvalue weighted by atomic mass is 10.5. The highest BCUT2D eigenvalue weighted by Crippen LogP contribution is 2.28. The number of hydrogen-bond acceptors (Lipinski definition) is 2. The molecule has 0 radical (unpaired) electrons. The molecule has 0 saturated heterocycles. The van der Waals surface area contributed by atoms with Crippen LogP contribution in [-0.2, 0) is 0 Å². The molecular formula is C8H10BrNS. The molecule has 0 aliphatic heterocycles. The molecule has 0 saturated carbocycles. The van der Waals surface area contributed by atoms with Gasteiger partial charge in [-0.05, 0) is 22.0 Å². The zero-order chi connectivity index (χ0) is 8.27. The maximum absolute atomic E-state index is 3.99. The van der Waals surface area contributed by atoms with Crippen molar-refractivity contribution in [2.75, 3.05) is 0 Å². The minimum Gasteiger partial charge on any atom is -0.263 e.